The number of aryl methyl sites for hydroxylation is 2. The first-order valence-electron chi connectivity index (χ1n) is 7.28. The molecule has 1 aromatic rings. The molecule has 7 heteroatoms. The standard InChI is InChI=1S/C16H19FN2O4/c1-10-3-4-12(7-11(10)2)14(21)18-8-13(20)19-6-5-16(17,9-19)15(22)23/h3-4,7H,5-6,8-9H2,1-2H3,(H,18,21)(H,22,23). The number of amides is 2. The summed E-state index contributed by atoms with van der Waals surface area (Å²) in [7, 11) is 0. The summed E-state index contributed by atoms with van der Waals surface area (Å²) in [6.07, 6.45) is -0.237. The summed E-state index contributed by atoms with van der Waals surface area (Å²) in [6, 6.07) is 5.20. The lowest BCUT2D eigenvalue weighted by atomic mass is 10.1. The minimum Gasteiger partial charge on any atom is -0.479 e. The van der Waals surface area contributed by atoms with Crippen molar-refractivity contribution >= 4 is 17.8 Å². The molecule has 124 valence electrons. The summed E-state index contributed by atoms with van der Waals surface area (Å²) in [6.45, 7) is 3.07. The minimum atomic E-state index is -2.40. The number of aliphatic carboxylic acids is 1. The first-order chi connectivity index (χ1) is 10.7. The van der Waals surface area contributed by atoms with E-state index in [9.17, 15) is 18.8 Å². The smallest absolute Gasteiger partial charge is 0.343 e. The second-order valence-electron chi connectivity index (χ2n) is 5.82. The van der Waals surface area contributed by atoms with Gasteiger partial charge in [-0.15, -0.1) is 0 Å². The second-order valence-corrected chi connectivity index (χ2v) is 5.82. The molecule has 6 nitrogen and oxygen atoms in total. The average molecular weight is 322 g/mol. The molecule has 2 amide bonds. The molecule has 1 aromatic carbocycles. The van der Waals surface area contributed by atoms with E-state index in [2.05, 4.69) is 5.32 Å². The summed E-state index contributed by atoms with van der Waals surface area (Å²) in [5.74, 6) is -2.46. The van der Waals surface area contributed by atoms with Crippen molar-refractivity contribution in [2.45, 2.75) is 25.9 Å². The van der Waals surface area contributed by atoms with Crippen LogP contribution >= 0.6 is 0 Å². The molecule has 1 heterocycles. The Morgan fingerprint density at radius 2 is 2.00 bits per heavy atom. The van der Waals surface area contributed by atoms with E-state index in [1.165, 1.54) is 0 Å². The average Bonchev–Trinajstić information content (AvgIpc) is 2.91. The lowest BCUT2D eigenvalue weighted by Gasteiger charge is -2.18. The van der Waals surface area contributed by atoms with Crippen LogP contribution in [-0.4, -0.2) is 53.1 Å². The molecule has 0 radical (unpaired) electrons. The van der Waals surface area contributed by atoms with Crippen molar-refractivity contribution < 1.29 is 23.9 Å². The van der Waals surface area contributed by atoms with Crippen LogP contribution in [0, 0.1) is 13.8 Å². The number of hydrogen-bond donors (Lipinski definition) is 2. The van der Waals surface area contributed by atoms with Crippen LogP contribution in [0.2, 0.25) is 0 Å². The molecular weight excluding hydrogens is 303 g/mol. The Morgan fingerprint density at radius 1 is 1.30 bits per heavy atom. The van der Waals surface area contributed by atoms with E-state index in [0.29, 0.717) is 5.56 Å². The third kappa shape index (κ3) is 3.67. The molecule has 0 aliphatic carbocycles. The van der Waals surface area contributed by atoms with Gasteiger partial charge in [0.05, 0.1) is 13.1 Å². The fourth-order valence-electron chi connectivity index (χ4n) is 2.41. The molecule has 2 N–H and O–H groups in total. The maximum Gasteiger partial charge on any atom is 0.343 e. The van der Waals surface area contributed by atoms with Gasteiger partial charge in [0.25, 0.3) is 5.91 Å². The van der Waals surface area contributed by atoms with Gasteiger partial charge in [-0.05, 0) is 37.1 Å². The molecule has 1 aliphatic heterocycles. The van der Waals surface area contributed by atoms with Gasteiger partial charge in [-0.3, -0.25) is 9.59 Å². The van der Waals surface area contributed by atoms with Gasteiger partial charge in [0, 0.05) is 18.5 Å². The number of rotatable bonds is 4. The van der Waals surface area contributed by atoms with Crippen LogP contribution in [-0.2, 0) is 9.59 Å². The van der Waals surface area contributed by atoms with Crippen LogP contribution in [0.25, 0.3) is 0 Å². The number of benzene rings is 1. The Labute approximate surface area is 133 Å². The van der Waals surface area contributed by atoms with Gasteiger partial charge in [0.2, 0.25) is 11.6 Å². The molecule has 1 fully saturated rings. The van der Waals surface area contributed by atoms with E-state index in [4.69, 9.17) is 5.11 Å². The molecule has 2 rings (SSSR count). The molecule has 1 atom stereocenters. The Balaban J connectivity index is 1.91. The number of carboxylic acids is 1. The summed E-state index contributed by atoms with van der Waals surface area (Å²) >= 11 is 0. The van der Waals surface area contributed by atoms with Gasteiger partial charge >= 0.3 is 5.97 Å². The zero-order valence-corrected chi connectivity index (χ0v) is 13.1. The first-order valence-corrected chi connectivity index (χ1v) is 7.28. The van der Waals surface area contributed by atoms with Gasteiger partial charge in [0.1, 0.15) is 0 Å². The van der Waals surface area contributed by atoms with Gasteiger partial charge in [-0.1, -0.05) is 6.07 Å². The highest BCUT2D eigenvalue weighted by Crippen LogP contribution is 2.25. The summed E-state index contributed by atoms with van der Waals surface area (Å²) < 4.78 is 13.9. The fourth-order valence-corrected chi connectivity index (χ4v) is 2.41. The van der Waals surface area contributed by atoms with Crippen LogP contribution < -0.4 is 5.32 Å². The minimum absolute atomic E-state index is 0.0289. The van der Waals surface area contributed by atoms with Gasteiger partial charge in [0.15, 0.2) is 0 Å². The second kappa shape index (κ2) is 6.36. The number of halogens is 1. The van der Waals surface area contributed by atoms with Gasteiger partial charge in [-0.2, -0.15) is 0 Å². The lowest BCUT2D eigenvalue weighted by molar-refractivity contribution is -0.150. The monoisotopic (exact) mass is 322 g/mol. The Kier molecular flexibility index (Phi) is 4.68. The third-order valence-corrected chi connectivity index (χ3v) is 4.12. The predicted octanol–water partition coefficient (Wildman–Crippen LogP) is 1.06. The molecule has 0 aromatic heterocycles. The summed E-state index contributed by atoms with van der Waals surface area (Å²) in [5.41, 5.74) is 0.0656. The van der Waals surface area contributed by atoms with Crippen LogP contribution in [0.4, 0.5) is 4.39 Å². The molecular formula is C16H19FN2O4. The number of alkyl halides is 1. The Morgan fingerprint density at radius 3 is 2.57 bits per heavy atom. The molecule has 1 saturated heterocycles. The predicted molar refractivity (Wildman–Crippen MR) is 80.9 cm³/mol. The van der Waals surface area contributed by atoms with Crippen LogP contribution in [0.1, 0.15) is 27.9 Å². The van der Waals surface area contributed by atoms with E-state index < -0.39 is 30.0 Å². The number of carbonyl (C=O) groups excluding carboxylic acids is 2. The van der Waals surface area contributed by atoms with Gasteiger partial charge in [-0.25, -0.2) is 9.18 Å². The van der Waals surface area contributed by atoms with Crippen LogP contribution in [0.15, 0.2) is 18.2 Å². The third-order valence-electron chi connectivity index (χ3n) is 4.12. The van der Waals surface area contributed by atoms with Crippen molar-refractivity contribution in [1.29, 1.82) is 0 Å². The number of carboxylic acid groups (broad SMARTS) is 1. The number of carbonyl (C=O) groups is 3. The summed E-state index contributed by atoms with van der Waals surface area (Å²) in [4.78, 5) is 35.9. The van der Waals surface area contributed by atoms with Gasteiger partial charge < -0.3 is 15.3 Å². The highest BCUT2D eigenvalue weighted by atomic mass is 19.1. The van der Waals surface area contributed by atoms with Crippen LogP contribution in [0.3, 0.4) is 0 Å². The van der Waals surface area contributed by atoms with Crippen molar-refractivity contribution in [2.75, 3.05) is 19.6 Å². The van der Waals surface area contributed by atoms with Crippen molar-refractivity contribution in [3.63, 3.8) is 0 Å². The number of likely N-dealkylation sites (tertiary alicyclic amines) is 1. The van der Waals surface area contributed by atoms with Crippen molar-refractivity contribution in [1.82, 2.24) is 10.2 Å². The lowest BCUT2D eigenvalue weighted by Crippen LogP contribution is -2.42. The van der Waals surface area contributed by atoms with E-state index in [1.807, 2.05) is 19.9 Å². The zero-order chi connectivity index (χ0) is 17.2. The molecule has 23 heavy (non-hydrogen) atoms. The highest BCUT2D eigenvalue weighted by molar-refractivity contribution is 5.96. The van der Waals surface area contributed by atoms with Crippen molar-refractivity contribution in [3.05, 3.63) is 34.9 Å². The quantitative estimate of drug-likeness (QED) is 0.868. The largest absolute Gasteiger partial charge is 0.479 e. The number of hydrogen-bond acceptors (Lipinski definition) is 3. The molecule has 1 aliphatic rings. The normalized spacial score (nSPS) is 20.4. The van der Waals surface area contributed by atoms with E-state index >= 15 is 0 Å². The fraction of sp³-hybridized carbons (Fsp3) is 0.438. The van der Waals surface area contributed by atoms with E-state index in [1.54, 1.807) is 12.1 Å². The van der Waals surface area contributed by atoms with Crippen LogP contribution in [0.5, 0.6) is 0 Å². The van der Waals surface area contributed by atoms with Crippen molar-refractivity contribution in [3.8, 4) is 0 Å². The maximum atomic E-state index is 13.9. The molecule has 0 spiro atoms. The van der Waals surface area contributed by atoms with E-state index in [-0.39, 0.29) is 19.5 Å². The maximum absolute atomic E-state index is 13.9. The zero-order valence-electron chi connectivity index (χ0n) is 13.1. The number of nitrogens with zero attached hydrogens (tertiary/aromatic N) is 1. The Bertz CT molecular complexity index is 661. The number of nitrogens with one attached hydrogen (secondary N) is 1. The topological polar surface area (TPSA) is 86.7 Å². The first kappa shape index (κ1) is 16.9. The van der Waals surface area contributed by atoms with E-state index in [0.717, 1.165) is 16.0 Å². The van der Waals surface area contributed by atoms with Crippen molar-refractivity contribution in [2.24, 2.45) is 0 Å². The summed E-state index contributed by atoms with van der Waals surface area (Å²) in [5, 5.41) is 11.3. The molecule has 1 unspecified atom stereocenters. The highest BCUT2D eigenvalue weighted by Gasteiger charge is 2.46. The molecule has 0 saturated carbocycles. The molecule has 0 bridgehead atoms. The Hall–Kier alpha value is -2.44. The SMILES string of the molecule is Cc1ccc(C(=O)NCC(=O)N2CCC(F)(C(=O)O)C2)cc1C.